The van der Waals surface area contributed by atoms with Crippen molar-refractivity contribution in [1.29, 1.82) is 0 Å². The quantitative estimate of drug-likeness (QED) is 0.636. The Labute approximate surface area is 123 Å². The molecule has 0 unspecified atom stereocenters. The minimum absolute atomic E-state index is 1.19. The van der Waals surface area contributed by atoms with Gasteiger partial charge in [0.1, 0.15) is 0 Å². The van der Waals surface area contributed by atoms with Gasteiger partial charge in [-0.3, -0.25) is 0 Å². The largest absolute Gasteiger partial charge is 0.0625 e. The lowest BCUT2D eigenvalue weighted by molar-refractivity contribution is 1.01. The van der Waals surface area contributed by atoms with Gasteiger partial charge in [0, 0.05) is 0 Å². The normalized spacial score (nSPS) is 17.1. The molecule has 20 heavy (non-hydrogen) atoms. The van der Waals surface area contributed by atoms with Gasteiger partial charge in [-0.1, -0.05) is 25.0 Å². The Morgan fingerprint density at radius 2 is 1.00 bits per heavy atom. The molecule has 2 aliphatic carbocycles. The van der Waals surface area contributed by atoms with Crippen LogP contribution in [0.2, 0.25) is 0 Å². The van der Waals surface area contributed by atoms with Crippen molar-refractivity contribution >= 4 is 11.1 Å². The Kier molecular flexibility index (Phi) is 3.16. The fourth-order valence-electron chi connectivity index (χ4n) is 4.41. The predicted molar refractivity (Wildman–Crippen MR) is 89.1 cm³/mol. The van der Waals surface area contributed by atoms with Crippen molar-refractivity contribution in [3.63, 3.8) is 0 Å². The molecule has 0 aliphatic heterocycles. The monoisotopic (exact) mass is 266 g/mol. The van der Waals surface area contributed by atoms with Gasteiger partial charge in [-0.05, 0) is 97.9 Å². The topological polar surface area (TPSA) is 0 Å². The standard InChI is InChI=1S/C20H26/c1-7-15-9-17-13(5)20-12(4)16(8-2)10-18(20)14(6)19(17)11(15)3/h7-10H2,1-6H3. The Bertz CT molecular complexity index is 606. The molecule has 0 heterocycles. The van der Waals surface area contributed by atoms with Crippen molar-refractivity contribution in [2.45, 2.75) is 67.2 Å². The minimum atomic E-state index is 1.19. The van der Waals surface area contributed by atoms with Gasteiger partial charge in [-0.2, -0.15) is 0 Å². The Balaban J connectivity index is 2.27. The number of allylic oxidation sites excluding steroid dienone is 4. The smallest absolute Gasteiger partial charge is 0.00523 e. The Hall–Kier alpha value is -1.30. The van der Waals surface area contributed by atoms with E-state index in [1.165, 1.54) is 25.7 Å². The fourth-order valence-corrected chi connectivity index (χ4v) is 4.41. The van der Waals surface area contributed by atoms with Crippen molar-refractivity contribution < 1.29 is 0 Å². The zero-order valence-corrected chi connectivity index (χ0v) is 13.8. The van der Waals surface area contributed by atoms with Crippen molar-refractivity contribution in [3.8, 4) is 0 Å². The van der Waals surface area contributed by atoms with E-state index in [0.717, 1.165) is 0 Å². The summed E-state index contributed by atoms with van der Waals surface area (Å²) in [7, 11) is 0. The van der Waals surface area contributed by atoms with E-state index in [0.29, 0.717) is 0 Å². The second-order valence-corrected chi connectivity index (χ2v) is 6.47. The van der Waals surface area contributed by atoms with Crippen LogP contribution in [0.1, 0.15) is 73.9 Å². The first-order chi connectivity index (χ1) is 9.51. The molecule has 0 nitrogen and oxygen atoms in total. The predicted octanol–water partition coefficient (Wildman–Crippen LogP) is 5.78. The summed E-state index contributed by atoms with van der Waals surface area (Å²) in [6, 6.07) is 0. The second-order valence-electron chi connectivity index (χ2n) is 6.47. The average molecular weight is 266 g/mol. The molecule has 0 spiro atoms. The summed E-state index contributed by atoms with van der Waals surface area (Å²) < 4.78 is 0. The molecular weight excluding hydrogens is 240 g/mol. The lowest BCUT2D eigenvalue weighted by Gasteiger charge is -2.17. The maximum Gasteiger partial charge on any atom is -0.00523 e. The van der Waals surface area contributed by atoms with Gasteiger partial charge in [0.15, 0.2) is 0 Å². The highest BCUT2D eigenvalue weighted by Gasteiger charge is 2.29. The summed E-state index contributed by atoms with van der Waals surface area (Å²) in [6.45, 7) is 14.0. The van der Waals surface area contributed by atoms with Crippen LogP contribution < -0.4 is 0 Å². The van der Waals surface area contributed by atoms with E-state index < -0.39 is 0 Å². The maximum absolute atomic E-state index is 2.35. The molecule has 0 saturated heterocycles. The summed E-state index contributed by atoms with van der Waals surface area (Å²) in [5, 5.41) is 0. The van der Waals surface area contributed by atoms with Crippen molar-refractivity contribution in [3.05, 3.63) is 44.5 Å². The minimum Gasteiger partial charge on any atom is -0.0625 e. The molecule has 0 N–H and O–H groups in total. The van der Waals surface area contributed by atoms with Crippen LogP contribution in [0.4, 0.5) is 0 Å². The third kappa shape index (κ3) is 1.60. The van der Waals surface area contributed by atoms with Crippen LogP contribution in [0.3, 0.4) is 0 Å². The van der Waals surface area contributed by atoms with Crippen molar-refractivity contribution in [2.75, 3.05) is 0 Å². The SMILES string of the molecule is CCC1=C(C)c2c(C)c3c(c(C)c2C1)C(C)=C(CC)C3. The molecule has 0 bridgehead atoms. The number of hydrogen-bond donors (Lipinski definition) is 0. The summed E-state index contributed by atoms with van der Waals surface area (Å²) in [5.74, 6) is 0. The van der Waals surface area contributed by atoms with Crippen LogP contribution in [-0.2, 0) is 12.8 Å². The van der Waals surface area contributed by atoms with Crippen LogP contribution in [-0.4, -0.2) is 0 Å². The van der Waals surface area contributed by atoms with Crippen LogP contribution in [0.25, 0.3) is 11.1 Å². The van der Waals surface area contributed by atoms with E-state index in [2.05, 4.69) is 41.5 Å². The highest BCUT2D eigenvalue weighted by molar-refractivity contribution is 5.86. The van der Waals surface area contributed by atoms with Crippen LogP contribution in [0.5, 0.6) is 0 Å². The molecule has 1 aromatic rings. The third-order valence-corrected chi connectivity index (χ3v) is 5.70. The first-order valence-corrected chi connectivity index (χ1v) is 8.04. The lowest BCUT2D eigenvalue weighted by Crippen LogP contribution is -2.01. The number of hydrogen-bond acceptors (Lipinski definition) is 0. The second kappa shape index (κ2) is 4.62. The molecule has 1 aromatic carbocycles. The molecule has 0 aromatic heterocycles. The lowest BCUT2D eigenvalue weighted by atomic mass is 9.87. The molecule has 0 heteroatoms. The van der Waals surface area contributed by atoms with Crippen LogP contribution in [0.15, 0.2) is 11.1 Å². The number of benzene rings is 1. The maximum atomic E-state index is 2.35. The van der Waals surface area contributed by atoms with E-state index in [4.69, 9.17) is 0 Å². The molecule has 0 amide bonds. The Morgan fingerprint density at radius 3 is 1.30 bits per heavy atom. The fraction of sp³-hybridized carbons (Fsp3) is 0.500. The number of fused-ring (bicyclic) bond motifs is 2. The van der Waals surface area contributed by atoms with Crippen LogP contribution >= 0.6 is 0 Å². The van der Waals surface area contributed by atoms with Gasteiger partial charge in [-0.25, -0.2) is 0 Å². The third-order valence-electron chi connectivity index (χ3n) is 5.70. The van der Waals surface area contributed by atoms with E-state index >= 15 is 0 Å². The van der Waals surface area contributed by atoms with E-state index in [1.807, 2.05) is 0 Å². The molecule has 0 radical (unpaired) electrons. The average Bonchev–Trinajstić information content (AvgIpc) is 2.94. The van der Waals surface area contributed by atoms with E-state index in [1.54, 1.807) is 55.7 Å². The Morgan fingerprint density at radius 1 is 0.650 bits per heavy atom. The first kappa shape index (κ1) is 13.7. The summed E-state index contributed by atoms with van der Waals surface area (Å²) >= 11 is 0. The van der Waals surface area contributed by atoms with Crippen LogP contribution in [0, 0.1) is 13.8 Å². The molecule has 3 rings (SSSR count). The molecule has 0 atom stereocenters. The summed E-state index contributed by atoms with van der Waals surface area (Å²) in [5.41, 5.74) is 15.9. The first-order valence-electron chi connectivity index (χ1n) is 8.04. The highest BCUT2D eigenvalue weighted by atomic mass is 14.3. The van der Waals surface area contributed by atoms with Crippen molar-refractivity contribution in [1.82, 2.24) is 0 Å². The molecule has 106 valence electrons. The molecular formula is C20H26. The summed E-state index contributed by atoms with van der Waals surface area (Å²) in [6.07, 6.45) is 4.76. The van der Waals surface area contributed by atoms with Gasteiger partial charge in [0.2, 0.25) is 0 Å². The molecule has 0 saturated carbocycles. The molecule has 0 fully saturated rings. The summed E-state index contributed by atoms with van der Waals surface area (Å²) in [4.78, 5) is 0. The van der Waals surface area contributed by atoms with Crippen molar-refractivity contribution in [2.24, 2.45) is 0 Å². The van der Waals surface area contributed by atoms with Gasteiger partial charge in [0.25, 0.3) is 0 Å². The number of rotatable bonds is 2. The van der Waals surface area contributed by atoms with Gasteiger partial charge >= 0.3 is 0 Å². The van der Waals surface area contributed by atoms with E-state index in [-0.39, 0.29) is 0 Å². The highest BCUT2D eigenvalue weighted by Crippen LogP contribution is 2.46. The van der Waals surface area contributed by atoms with Gasteiger partial charge in [0.05, 0.1) is 0 Å². The van der Waals surface area contributed by atoms with E-state index in [9.17, 15) is 0 Å². The zero-order valence-electron chi connectivity index (χ0n) is 13.8. The van der Waals surface area contributed by atoms with Gasteiger partial charge < -0.3 is 0 Å². The zero-order chi connectivity index (χ0) is 14.6. The van der Waals surface area contributed by atoms with Gasteiger partial charge in [-0.15, -0.1) is 0 Å². The molecule has 2 aliphatic rings.